The highest BCUT2D eigenvalue weighted by molar-refractivity contribution is 6.55. The molecule has 1 aliphatic heterocycles. The first kappa shape index (κ1) is 20.7. The largest absolute Gasteiger partial charge is 0.494 e. The lowest BCUT2D eigenvalue weighted by atomic mass is 10.1. The smallest absolute Gasteiger partial charge is 0.273 e. The molecule has 1 aliphatic rings. The summed E-state index contributed by atoms with van der Waals surface area (Å²) in [5.74, 6) is 0.833. The lowest BCUT2D eigenvalue weighted by molar-refractivity contribution is -0.137. The van der Waals surface area contributed by atoms with Crippen molar-refractivity contribution in [3.63, 3.8) is 0 Å². The minimum Gasteiger partial charge on any atom is -0.494 e. The van der Waals surface area contributed by atoms with Crippen molar-refractivity contribution in [2.75, 3.05) is 20.8 Å². The van der Waals surface area contributed by atoms with E-state index in [4.69, 9.17) is 25.8 Å². The van der Waals surface area contributed by atoms with Gasteiger partial charge in [0.05, 0.1) is 32.9 Å². The van der Waals surface area contributed by atoms with Crippen LogP contribution in [0.4, 0.5) is 0 Å². The van der Waals surface area contributed by atoms with Crippen molar-refractivity contribution in [1.82, 2.24) is 4.90 Å². The molecule has 0 unspecified atom stereocenters. The van der Waals surface area contributed by atoms with Gasteiger partial charge in [-0.05, 0) is 41.8 Å². The first-order valence-corrected chi connectivity index (χ1v) is 9.58. The number of benzene rings is 2. The predicted molar refractivity (Wildman–Crippen MR) is 110 cm³/mol. The van der Waals surface area contributed by atoms with Gasteiger partial charge in [-0.3, -0.25) is 14.5 Å². The molecule has 2 aromatic rings. The van der Waals surface area contributed by atoms with Crippen LogP contribution in [0.5, 0.6) is 17.2 Å². The number of methoxy groups -OCH3 is 2. The van der Waals surface area contributed by atoms with E-state index in [1.807, 2.05) is 6.92 Å². The number of ether oxygens (including phenoxy) is 3. The number of halogens is 1. The number of nitrogens with zero attached hydrogens (tertiary/aromatic N) is 1. The van der Waals surface area contributed by atoms with Gasteiger partial charge in [0.1, 0.15) is 10.8 Å². The summed E-state index contributed by atoms with van der Waals surface area (Å²) < 4.78 is 16.1. The molecule has 1 heterocycles. The molecule has 0 fully saturated rings. The first-order valence-electron chi connectivity index (χ1n) is 9.20. The van der Waals surface area contributed by atoms with Crippen LogP contribution >= 0.6 is 11.6 Å². The normalized spacial score (nSPS) is 13.9. The maximum absolute atomic E-state index is 12.9. The Morgan fingerprint density at radius 3 is 2.24 bits per heavy atom. The van der Waals surface area contributed by atoms with Crippen molar-refractivity contribution in [1.29, 1.82) is 0 Å². The Bertz CT molecular complexity index is 952. The van der Waals surface area contributed by atoms with E-state index in [9.17, 15) is 9.59 Å². The molecular weight excluding hydrogens is 394 g/mol. The molecule has 0 saturated carbocycles. The molecule has 0 aliphatic carbocycles. The number of rotatable bonds is 8. The minimum atomic E-state index is -0.521. The minimum absolute atomic E-state index is 0.0788. The van der Waals surface area contributed by atoms with Gasteiger partial charge in [0.2, 0.25) is 0 Å². The van der Waals surface area contributed by atoms with Crippen LogP contribution in [0.1, 0.15) is 24.5 Å². The summed E-state index contributed by atoms with van der Waals surface area (Å²) in [4.78, 5) is 26.7. The molecule has 0 spiro atoms. The molecule has 0 atom stereocenters. The Hall–Kier alpha value is -2.99. The van der Waals surface area contributed by atoms with E-state index >= 15 is 0 Å². The molecular formula is C22H22ClNO5. The summed E-state index contributed by atoms with van der Waals surface area (Å²) in [5.41, 5.74) is 1.49. The van der Waals surface area contributed by atoms with E-state index in [1.165, 1.54) is 7.11 Å². The van der Waals surface area contributed by atoms with Crippen LogP contribution in [0.2, 0.25) is 0 Å². The summed E-state index contributed by atoms with van der Waals surface area (Å²) in [6.45, 7) is 2.71. The molecule has 3 rings (SSSR count). The summed E-state index contributed by atoms with van der Waals surface area (Å²) in [6.07, 6.45) is 0.900. The second-order valence-corrected chi connectivity index (χ2v) is 6.83. The zero-order valence-corrected chi connectivity index (χ0v) is 17.3. The number of imide groups is 1. The average molecular weight is 416 g/mol. The number of carbonyl (C=O) groups is 2. The van der Waals surface area contributed by atoms with Crippen LogP contribution in [-0.2, 0) is 16.1 Å². The number of hydrogen-bond acceptors (Lipinski definition) is 5. The Morgan fingerprint density at radius 1 is 0.931 bits per heavy atom. The maximum Gasteiger partial charge on any atom is 0.273 e. The summed E-state index contributed by atoms with van der Waals surface area (Å²) in [5, 5.41) is -0.0855. The number of amides is 2. The molecule has 2 amide bonds. The van der Waals surface area contributed by atoms with Crippen LogP contribution in [0, 0.1) is 0 Å². The van der Waals surface area contributed by atoms with E-state index in [0.29, 0.717) is 29.4 Å². The molecule has 0 aromatic heterocycles. The topological polar surface area (TPSA) is 65.1 Å². The third-order valence-electron chi connectivity index (χ3n) is 4.52. The zero-order valence-electron chi connectivity index (χ0n) is 16.5. The fourth-order valence-corrected chi connectivity index (χ4v) is 3.33. The second-order valence-electron chi connectivity index (χ2n) is 6.45. The molecule has 29 heavy (non-hydrogen) atoms. The quantitative estimate of drug-likeness (QED) is 0.609. The van der Waals surface area contributed by atoms with E-state index in [-0.39, 0.29) is 17.2 Å². The van der Waals surface area contributed by atoms with E-state index in [2.05, 4.69) is 0 Å². The lowest BCUT2D eigenvalue weighted by Gasteiger charge is -2.16. The van der Waals surface area contributed by atoms with Crippen molar-refractivity contribution in [3.05, 3.63) is 58.6 Å². The molecule has 0 radical (unpaired) electrons. The third-order valence-corrected chi connectivity index (χ3v) is 4.87. The predicted octanol–water partition coefficient (Wildman–Crippen LogP) is 4.01. The Kier molecular flexibility index (Phi) is 6.44. The maximum atomic E-state index is 12.9. The molecule has 0 N–H and O–H groups in total. The number of hydrogen-bond donors (Lipinski definition) is 0. The summed E-state index contributed by atoms with van der Waals surface area (Å²) >= 11 is 6.24. The first-order chi connectivity index (χ1) is 14.0. The zero-order chi connectivity index (χ0) is 21.0. The highest BCUT2D eigenvalue weighted by atomic mass is 35.5. The van der Waals surface area contributed by atoms with Crippen molar-refractivity contribution in [2.24, 2.45) is 0 Å². The van der Waals surface area contributed by atoms with E-state index in [1.54, 1.807) is 49.6 Å². The van der Waals surface area contributed by atoms with Gasteiger partial charge < -0.3 is 14.2 Å². The fourth-order valence-electron chi connectivity index (χ4n) is 3.04. The fraction of sp³-hybridized carbons (Fsp3) is 0.273. The molecule has 2 aromatic carbocycles. The van der Waals surface area contributed by atoms with Gasteiger partial charge in [0.25, 0.3) is 11.8 Å². The third kappa shape index (κ3) is 4.22. The molecule has 0 saturated heterocycles. The summed E-state index contributed by atoms with van der Waals surface area (Å²) in [6, 6.07) is 12.2. The molecule has 152 valence electrons. The number of carbonyl (C=O) groups excluding carboxylic acids is 2. The van der Waals surface area contributed by atoms with Crippen LogP contribution < -0.4 is 14.2 Å². The Balaban J connectivity index is 1.81. The Labute approximate surface area is 174 Å². The average Bonchev–Trinajstić information content (AvgIpc) is 2.95. The van der Waals surface area contributed by atoms with Crippen LogP contribution in [0.15, 0.2) is 47.5 Å². The van der Waals surface area contributed by atoms with Gasteiger partial charge in [-0.15, -0.1) is 0 Å². The van der Waals surface area contributed by atoms with Gasteiger partial charge in [0, 0.05) is 0 Å². The molecule has 6 nitrogen and oxygen atoms in total. The lowest BCUT2D eigenvalue weighted by Crippen LogP contribution is -2.30. The second kappa shape index (κ2) is 9.01. The van der Waals surface area contributed by atoms with Crippen molar-refractivity contribution in [2.45, 2.75) is 19.9 Å². The Morgan fingerprint density at radius 2 is 1.62 bits per heavy atom. The molecule has 0 bridgehead atoms. The van der Waals surface area contributed by atoms with Gasteiger partial charge >= 0.3 is 0 Å². The summed E-state index contributed by atoms with van der Waals surface area (Å²) in [7, 11) is 3.07. The SMILES string of the molecule is CCCOc1ccc(C2=C(Cl)C(=O)N(Cc3ccc(OC)c(OC)c3)C2=O)cc1. The van der Waals surface area contributed by atoms with Crippen molar-refractivity contribution < 1.29 is 23.8 Å². The van der Waals surface area contributed by atoms with Crippen LogP contribution in [-0.4, -0.2) is 37.5 Å². The van der Waals surface area contributed by atoms with Gasteiger partial charge in [-0.25, -0.2) is 0 Å². The van der Waals surface area contributed by atoms with E-state index < -0.39 is 11.8 Å². The van der Waals surface area contributed by atoms with Crippen molar-refractivity contribution in [3.8, 4) is 17.2 Å². The molecule has 7 heteroatoms. The van der Waals surface area contributed by atoms with Crippen LogP contribution in [0.25, 0.3) is 5.57 Å². The van der Waals surface area contributed by atoms with Gasteiger partial charge in [-0.2, -0.15) is 0 Å². The van der Waals surface area contributed by atoms with Crippen LogP contribution in [0.3, 0.4) is 0 Å². The van der Waals surface area contributed by atoms with Crippen molar-refractivity contribution >= 4 is 29.0 Å². The highest BCUT2D eigenvalue weighted by Crippen LogP contribution is 2.34. The monoisotopic (exact) mass is 415 g/mol. The standard InChI is InChI=1S/C22H22ClNO5/c1-4-11-29-16-8-6-15(7-9-16)19-20(23)22(26)24(21(19)25)13-14-5-10-17(27-2)18(12-14)28-3/h5-10,12H,4,11,13H2,1-3H3. The highest BCUT2D eigenvalue weighted by Gasteiger charge is 2.38. The van der Waals surface area contributed by atoms with Gasteiger partial charge in [0.15, 0.2) is 11.5 Å². The van der Waals surface area contributed by atoms with Gasteiger partial charge in [-0.1, -0.05) is 36.7 Å². The van der Waals surface area contributed by atoms with E-state index in [0.717, 1.165) is 16.9 Å².